The number of carboxylic acids is 1. The Hall–Kier alpha value is -6.11. The predicted molar refractivity (Wildman–Crippen MR) is 212 cm³/mol. The van der Waals surface area contributed by atoms with E-state index in [4.69, 9.17) is 14.2 Å². The Bertz CT molecular complexity index is 2330. The van der Waals surface area contributed by atoms with Gasteiger partial charge >= 0.3 is 5.97 Å². The summed E-state index contributed by atoms with van der Waals surface area (Å²) in [7, 11) is 0. The molecule has 12 heteroatoms. The Morgan fingerprint density at radius 1 is 0.807 bits per heavy atom. The molecule has 0 aliphatic carbocycles. The summed E-state index contributed by atoms with van der Waals surface area (Å²) in [6, 6.07) is 26.8. The van der Waals surface area contributed by atoms with Crippen LogP contribution in [0.15, 0.2) is 91.0 Å². The van der Waals surface area contributed by atoms with Crippen LogP contribution in [0.5, 0.6) is 17.2 Å². The molecular weight excluding hydrogens is 725 g/mol. The molecule has 9 rings (SSSR count). The Balaban J connectivity index is 1.12. The average molecular weight is 769 g/mol. The highest BCUT2D eigenvalue weighted by molar-refractivity contribution is 6.09. The molecule has 0 spiro atoms. The standard InChI is InChI=1S/C45H44N4O8/c50-35-14-12-33(13-15-35)48(25-29-8-10-30(11-9-29)45(53)54)44(52)38-22-40(47-16-4-3-7-39(38)47)36-23-41-42(57-28-56-41)24-37(36)43(51)49-26-32-6-2-1-5-31(32)21-34(49)27-46-17-19-55-20-18-46/h1-2,5-6,8-15,22-24,34,50H,3-4,7,16-21,25-28H2,(H,53,54). The summed E-state index contributed by atoms with van der Waals surface area (Å²) in [5.74, 6) is -0.244. The number of fused-ring (bicyclic) bond motifs is 3. The van der Waals surface area contributed by atoms with E-state index in [1.165, 1.54) is 17.7 Å². The van der Waals surface area contributed by atoms with Crippen LogP contribution in [0.25, 0.3) is 11.3 Å². The monoisotopic (exact) mass is 768 g/mol. The highest BCUT2D eigenvalue weighted by atomic mass is 16.7. The first-order valence-electron chi connectivity index (χ1n) is 19.6. The molecular formula is C45H44N4O8. The molecule has 0 bridgehead atoms. The number of carbonyl (C=O) groups excluding carboxylic acids is 2. The molecule has 1 unspecified atom stereocenters. The molecule has 2 amide bonds. The second-order valence-electron chi connectivity index (χ2n) is 15.1. The highest BCUT2D eigenvalue weighted by Crippen LogP contribution is 2.42. The minimum Gasteiger partial charge on any atom is -0.508 e. The van der Waals surface area contributed by atoms with Crippen molar-refractivity contribution < 1.29 is 38.8 Å². The van der Waals surface area contributed by atoms with E-state index in [9.17, 15) is 19.8 Å². The number of anilines is 1. The Labute approximate surface area is 330 Å². The van der Waals surface area contributed by atoms with Gasteiger partial charge in [-0.3, -0.25) is 14.5 Å². The fourth-order valence-corrected chi connectivity index (χ4v) is 8.63. The molecule has 0 radical (unpaired) electrons. The fourth-order valence-electron chi connectivity index (χ4n) is 8.63. The van der Waals surface area contributed by atoms with Crippen LogP contribution in [0.2, 0.25) is 0 Å². The molecule has 292 valence electrons. The molecule has 2 N–H and O–H groups in total. The number of aromatic nitrogens is 1. The lowest BCUT2D eigenvalue weighted by atomic mass is 9.92. The van der Waals surface area contributed by atoms with Crippen LogP contribution in [-0.2, 0) is 37.2 Å². The molecule has 1 fully saturated rings. The third-order valence-electron chi connectivity index (χ3n) is 11.6. The molecule has 5 aromatic rings. The summed E-state index contributed by atoms with van der Waals surface area (Å²) in [6.07, 6.45) is 3.24. The van der Waals surface area contributed by atoms with Gasteiger partial charge in [-0.15, -0.1) is 0 Å². The molecule has 1 aromatic heterocycles. The average Bonchev–Trinajstić information content (AvgIpc) is 3.87. The number of rotatable bonds is 9. The molecule has 1 saturated heterocycles. The van der Waals surface area contributed by atoms with Crippen molar-refractivity contribution in [2.75, 3.05) is 44.5 Å². The van der Waals surface area contributed by atoms with Gasteiger partial charge in [0, 0.05) is 61.4 Å². The number of aromatic hydroxyl groups is 1. The van der Waals surface area contributed by atoms with E-state index >= 15 is 4.79 Å². The molecule has 0 saturated carbocycles. The number of aromatic carboxylic acids is 1. The molecule has 12 nitrogen and oxygen atoms in total. The number of nitrogens with zero attached hydrogens (tertiary/aromatic N) is 4. The first-order valence-corrected chi connectivity index (χ1v) is 19.6. The summed E-state index contributed by atoms with van der Waals surface area (Å²) >= 11 is 0. The number of carbonyl (C=O) groups is 3. The van der Waals surface area contributed by atoms with E-state index in [0.29, 0.717) is 66.6 Å². The minimum absolute atomic E-state index is 0.0498. The number of ether oxygens (including phenoxy) is 3. The molecule has 5 heterocycles. The van der Waals surface area contributed by atoms with Crippen molar-refractivity contribution in [3.8, 4) is 28.5 Å². The predicted octanol–water partition coefficient (Wildman–Crippen LogP) is 6.37. The van der Waals surface area contributed by atoms with Gasteiger partial charge in [-0.25, -0.2) is 4.79 Å². The van der Waals surface area contributed by atoms with Gasteiger partial charge in [-0.05, 0) is 97.0 Å². The van der Waals surface area contributed by atoms with Crippen LogP contribution in [0.3, 0.4) is 0 Å². The molecule has 4 aliphatic heterocycles. The normalized spacial score (nSPS) is 17.5. The first kappa shape index (κ1) is 36.5. The zero-order chi connectivity index (χ0) is 39.0. The van der Waals surface area contributed by atoms with Gasteiger partial charge in [0.2, 0.25) is 6.79 Å². The third kappa shape index (κ3) is 7.22. The summed E-state index contributed by atoms with van der Waals surface area (Å²) in [6.45, 7) is 5.07. The van der Waals surface area contributed by atoms with Crippen LogP contribution < -0.4 is 14.4 Å². The molecule has 4 aromatic carbocycles. The van der Waals surface area contributed by atoms with Crippen molar-refractivity contribution in [1.29, 1.82) is 0 Å². The van der Waals surface area contributed by atoms with Crippen molar-refractivity contribution in [2.24, 2.45) is 0 Å². The summed E-state index contributed by atoms with van der Waals surface area (Å²) < 4.78 is 19.6. The quantitative estimate of drug-likeness (QED) is 0.176. The summed E-state index contributed by atoms with van der Waals surface area (Å²) in [5.41, 5.74) is 7.20. The largest absolute Gasteiger partial charge is 0.508 e. The molecule has 57 heavy (non-hydrogen) atoms. The number of benzene rings is 4. The number of morpholine rings is 1. The Kier molecular flexibility index (Phi) is 9.89. The minimum atomic E-state index is -1.03. The summed E-state index contributed by atoms with van der Waals surface area (Å²) in [4.78, 5) is 47.8. The zero-order valence-corrected chi connectivity index (χ0v) is 31.6. The Morgan fingerprint density at radius 3 is 2.30 bits per heavy atom. The maximum Gasteiger partial charge on any atom is 0.335 e. The van der Waals surface area contributed by atoms with E-state index in [2.05, 4.69) is 27.7 Å². The first-order chi connectivity index (χ1) is 27.8. The number of carboxylic acid groups (broad SMARTS) is 1. The summed E-state index contributed by atoms with van der Waals surface area (Å²) in [5, 5.41) is 19.6. The Morgan fingerprint density at radius 2 is 1.54 bits per heavy atom. The number of hydrogen-bond acceptors (Lipinski definition) is 8. The van der Waals surface area contributed by atoms with Crippen molar-refractivity contribution in [2.45, 2.75) is 51.4 Å². The van der Waals surface area contributed by atoms with E-state index in [1.807, 2.05) is 23.1 Å². The van der Waals surface area contributed by atoms with Gasteiger partial charge in [-0.2, -0.15) is 0 Å². The van der Waals surface area contributed by atoms with Crippen LogP contribution in [0.4, 0.5) is 5.69 Å². The van der Waals surface area contributed by atoms with Crippen molar-refractivity contribution in [3.63, 3.8) is 0 Å². The van der Waals surface area contributed by atoms with Crippen LogP contribution >= 0.6 is 0 Å². The highest BCUT2D eigenvalue weighted by Gasteiger charge is 2.36. The van der Waals surface area contributed by atoms with Crippen molar-refractivity contribution in [1.82, 2.24) is 14.4 Å². The zero-order valence-electron chi connectivity index (χ0n) is 31.6. The maximum atomic E-state index is 15.2. The van der Waals surface area contributed by atoms with Gasteiger partial charge in [-0.1, -0.05) is 36.4 Å². The van der Waals surface area contributed by atoms with Crippen LogP contribution in [0, 0.1) is 0 Å². The van der Waals surface area contributed by atoms with Crippen LogP contribution in [-0.4, -0.2) is 88.0 Å². The van der Waals surface area contributed by atoms with Gasteiger partial charge in [0.1, 0.15) is 5.75 Å². The van der Waals surface area contributed by atoms with Crippen LogP contribution in [0.1, 0.15) is 66.3 Å². The number of phenols is 1. The lowest BCUT2D eigenvalue weighted by Crippen LogP contribution is -2.52. The number of hydrogen-bond donors (Lipinski definition) is 2. The van der Waals surface area contributed by atoms with E-state index in [-0.39, 0.29) is 42.5 Å². The smallest absolute Gasteiger partial charge is 0.335 e. The second-order valence-corrected chi connectivity index (χ2v) is 15.1. The number of phenolic OH excluding ortho intramolecular Hbond substituents is 1. The topological polar surface area (TPSA) is 134 Å². The lowest BCUT2D eigenvalue weighted by molar-refractivity contribution is 0.0193. The van der Waals surface area contributed by atoms with Crippen molar-refractivity contribution in [3.05, 3.63) is 130 Å². The van der Waals surface area contributed by atoms with E-state index in [0.717, 1.165) is 61.4 Å². The van der Waals surface area contributed by atoms with E-state index < -0.39 is 5.97 Å². The molecule has 4 aliphatic rings. The van der Waals surface area contributed by atoms with Crippen molar-refractivity contribution >= 4 is 23.5 Å². The fraction of sp³-hybridized carbons (Fsp3) is 0.311. The third-order valence-corrected chi connectivity index (χ3v) is 11.6. The maximum absolute atomic E-state index is 15.2. The second kappa shape index (κ2) is 15.4. The van der Waals surface area contributed by atoms with E-state index in [1.54, 1.807) is 47.4 Å². The SMILES string of the molecule is O=C(O)c1ccc(CN(C(=O)c2cc(-c3cc4c(cc3C(=O)N3Cc5ccccc5CC3CN3CCOCC3)OCO4)n3c2CCCC3)c2ccc(O)cc2)cc1. The van der Waals surface area contributed by atoms with Gasteiger partial charge in [0.25, 0.3) is 11.8 Å². The number of amides is 2. The lowest BCUT2D eigenvalue weighted by Gasteiger charge is -2.40. The van der Waals surface area contributed by atoms with Gasteiger partial charge < -0.3 is 38.8 Å². The van der Waals surface area contributed by atoms with Gasteiger partial charge in [0.05, 0.1) is 36.4 Å². The van der Waals surface area contributed by atoms with Gasteiger partial charge in [0.15, 0.2) is 11.5 Å². The molecule has 1 atom stereocenters.